The van der Waals surface area contributed by atoms with Crippen molar-refractivity contribution < 1.29 is 0 Å². The van der Waals surface area contributed by atoms with Crippen LogP contribution in [0.15, 0.2) is 12.4 Å². The lowest BCUT2D eigenvalue weighted by Gasteiger charge is -2.27. The van der Waals surface area contributed by atoms with Crippen LogP contribution in [0.25, 0.3) is 0 Å². The van der Waals surface area contributed by atoms with E-state index >= 15 is 0 Å². The number of rotatable bonds is 10. The molecule has 0 aliphatic carbocycles. The van der Waals surface area contributed by atoms with Crippen LogP contribution in [-0.2, 0) is 13.0 Å². The second kappa shape index (κ2) is 9.13. The molecule has 0 aromatic carbocycles. The lowest BCUT2D eigenvalue weighted by molar-refractivity contribution is 0.314. The van der Waals surface area contributed by atoms with Gasteiger partial charge in [0.1, 0.15) is 5.82 Å². The Bertz CT molecular complexity index is 332. The SMILES string of the molecule is CCCCC(CC)C(Cc1nccn1CC)NCC. The van der Waals surface area contributed by atoms with Gasteiger partial charge in [0.25, 0.3) is 0 Å². The van der Waals surface area contributed by atoms with Crippen molar-refractivity contribution in [2.75, 3.05) is 6.54 Å². The smallest absolute Gasteiger partial charge is 0.110 e. The summed E-state index contributed by atoms with van der Waals surface area (Å²) in [4.78, 5) is 4.53. The standard InChI is InChI=1S/C16H31N3/c1-5-9-10-14(6-2)15(17-7-3)13-16-18-11-12-19(16)8-4/h11-12,14-15,17H,5-10,13H2,1-4H3. The van der Waals surface area contributed by atoms with Crippen molar-refractivity contribution in [2.24, 2.45) is 5.92 Å². The first-order chi connectivity index (χ1) is 9.26. The minimum absolute atomic E-state index is 0.564. The molecule has 0 bridgehead atoms. The fourth-order valence-electron chi connectivity index (χ4n) is 2.84. The van der Waals surface area contributed by atoms with Gasteiger partial charge < -0.3 is 9.88 Å². The van der Waals surface area contributed by atoms with Gasteiger partial charge >= 0.3 is 0 Å². The molecule has 2 atom stereocenters. The summed E-state index contributed by atoms with van der Waals surface area (Å²) in [5.74, 6) is 1.99. The number of unbranched alkanes of at least 4 members (excludes halogenated alkanes) is 1. The highest BCUT2D eigenvalue weighted by Crippen LogP contribution is 2.20. The normalized spacial score (nSPS) is 14.5. The highest BCUT2D eigenvalue weighted by atomic mass is 15.1. The molecule has 3 nitrogen and oxygen atoms in total. The molecule has 0 aliphatic rings. The topological polar surface area (TPSA) is 29.9 Å². The molecule has 1 aromatic rings. The van der Waals surface area contributed by atoms with E-state index in [9.17, 15) is 0 Å². The van der Waals surface area contributed by atoms with Gasteiger partial charge in [-0.15, -0.1) is 0 Å². The molecule has 110 valence electrons. The first-order valence-electron chi connectivity index (χ1n) is 8.00. The maximum absolute atomic E-state index is 4.53. The van der Waals surface area contributed by atoms with E-state index in [2.05, 4.69) is 48.8 Å². The minimum Gasteiger partial charge on any atom is -0.335 e. The van der Waals surface area contributed by atoms with Crippen molar-refractivity contribution in [1.29, 1.82) is 0 Å². The number of nitrogens with zero attached hydrogens (tertiary/aromatic N) is 2. The van der Waals surface area contributed by atoms with Crippen molar-refractivity contribution in [2.45, 2.75) is 72.4 Å². The Kier molecular flexibility index (Phi) is 7.80. The number of aryl methyl sites for hydroxylation is 1. The van der Waals surface area contributed by atoms with E-state index in [0.717, 1.165) is 25.4 Å². The lowest BCUT2D eigenvalue weighted by atomic mass is 9.89. The first kappa shape index (κ1) is 16.2. The lowest BCUT2D eigenvalue weighted by Crippen LogP contribution is -2.38. The Morgan fingerprint density at radius 2 is 2.05 bits per heavy atom. The summed E-state index contributed by atoms with van der Waals surface area (Å²) in [7, 11) is 0. The number of hydrogen-bond donors (Lipinski definition) is 1. The Hall–Kier alpha value is -0.830. The molecule has 1 rings (SSSR count). The molecule has 3 heteroatoms. The van der Waals surface area contributed by atoms with E-state index in [4.69, 9.17) is 0 Å². The first-order valence-corrected chi connectivity index (χ1v) is 8.00. The monoisotopic (exact) mass is 265 g/mol. The predicted octanol–water partition coefficient (Wildman–Crippen LogP) is 3.64. The molecule has 0 spiro atoms. The molecule has 19 heavy (non-hydrogen) atoms. The van der Waals surface area contributed by atoms with Crippen LogP contribution in [0.1, 0.15) is 59.2 Å². The van der Waals surface area contributed by atoms with E-state index in [1.165, 1.54) is 31.5 Å². The van der Waals surface area contributed by atoms with Crippen molar-refractivity contribution in [3.63, 3.8) is 0 Å². The van der Waals surface area contributed by atoms with Crippen LogP contribution in [0, 0.1) is 5.92 Å². The molecule has 0 radical (unpaired) electrons. The van der Waals surface area contributed by atoms with Crippen LogP contribution in [-0.4, -0.2) is 22.1 Å². The van der Waals surface area contributed by atoms with Gasteiger partial charge in [0.2, 0.25) is 0 Å². The highest BCUT2D eigenvalue weighted by Gasteiger charge is 2.20. The molecule has 1 aromatic heterocycles. The van der Waals surface area contributed by atoms with Crippen LogP contribution >= 0.6 is 0 Å². The van der Waals surface area contributed by atoms with E-state index < -0.39 is 0 Å². The number of hydrogen-bond acceptors (Lipinski definition) is 2. The number of imidazole rings is 1. The fraction of sp³-hybridized carbons (Fsp3) is 0.812. The molecule has 2 unspecified atom stereocenters. The van der Waals surface area contributed by atoms with E-state index in [0.29, 0.717) is 6.04 Å². The van der Waals surface area contributed by atoms with Gasteiger partial charge in [-0.3, -0.25) is 0 Å². The summed E-state index contributed by atoms with van der Waals surface area (Å²) in [5, 5.41) is 3.68. The maximum Gasteiger partial charge on any atom is 0.110 e. The molecule has 0 saturated carbocycles. The van der Waals surface area contributed by atoms with Gasteiger partial charge in [-0.25, -0.2) is 4.98 Å². The Balaban J connectivity index is 2.69. The number of nitrogens with one attached hydrogen (secondary N) is 1. The number of likely N-dealkylation sites (N-methyl/N-ethyl adjacent to an activating group) is 1. The van der Waals surface area contributed by atoms with Gasteiger partial charge in [0.15, 0.2) is 0 Å². The second-order valence-electron chi connectivity index (χ2n) is 5.31. The third kappa shape index (κ3) is 4.98. The zero-order valence-electron chi connectivity index (χ0n) is 13.2. The van der Waals surface area contributed by atoms with Crippen LogP contribution < -0.4 is 5.32 Å². The predicted molar refractivity (Wildman–Crippen MR) is 82.4 cm³/mol. The Labute approximate surface area is 118 Å². The summed E-state index contributed by atoms with van der Waals surface area (Å²) in [5.41, 5.74) is 0. The molecule has 0 saturated heterocycles. The van der Waals surface area contributed by atoms with Crippen LogP contribution in [0.4, 0.5) is 0 Å². The molecular weight excluding hydrogens is 234 g/mol. The van der Waals surface area contributed by atoms with Crippen molar-refractivity contribution in [1.82, 2.24) is 14.9 Å². The van der Waals surface area contributed by atoms with Gasteiger partial charge in [-0.05, 0) is 25.8 Å². The zero-order chi connectivity index (χ0) is 14.1. The van der Waals surface area contributed by atoms with Crippen molar-refractivity contribution >= 4 is 0 Å². The van der Waals surface area contributed by atoms with E-state index in [-0.39, 0.29) is 0 Å². The Morgan fingerprint density at radius 1 is 1.26 bits per heavy atom. The van der Waals surface area contributed by atoms with Crippen LogP contribution in [0.5, 0.6) is 0 Å². The van der Waals surface area contributed by atoms with Gasteiger partial charge in [-0.2, -0.15) is 0 Å². The molecule has 1 heterocycles. The van der Waals surface area contributed by atoms with Gasteiger partial charge in [-0.1, -0.05) is 40.0 Å². The van der Waals surface area contributed by atoms with E-state index in [1.54, 1.807) is 0 Å². The van der Waals surface area contributed by atoms with Crippen molar-refractivity contribution in [3.8, 4) is 0 Å². The Morgan fingerprint density at radius 3 is 2.63 bits per heavy atom. The molecule has 1 N–H and O–H groups in total. The summed E-state index contributed by atoms with van der Waals surface area (Å²) in [6.07, 6.45) is 10.3. The third-order valence-electron chi connectivity index (χ3n) is 4.03. The van der Waals surface area contributed by atoms with Crippen LogP contribution in [0.2, 0.25) is 0 Å². The highest BCUT2D eigenvalue weighted by molar-refractivity contribution is 4.96. The third-order valence-corrected chi connectivity index (χ3v) is 4.03. The summed E-state index contributed by atoms with van der Waals surface area (Å²) in [6, 6.07) is 0.564. The minimum atomic E-state index is 0.564. The van der Waals surface area contributed by atoms with E-state index in [1.807, 2.05) is 6.20 Å². The fourth-order valence-corrected chi connectivity index (χ4v) is 2.84. The van der Waals surface area contributed by atoms with Crippen LogP contribution in [0.3, 0.4) is 0 Å². The second-order valence-corrected chi connectivity index (χ2v) is 5.31. The van der Waals surface area contributed by atoms with Gasteiger partial charge in [0, 0.05) is 31.4 Å². The maximum atomic E-state index is 4.53. The molecule has 0 fully saturated rings. The molecular formula is C16H31N3. The number of aromatic nitrogens is 2. The summed E-state index contributed by atoms with van der Waals surface area (Å²) < 4.78 is 2.26. The molecule has 0 amide bonds. The largest absolute Gasteiger partial charge is 0.335 e. The average molecular weight is 265 g/mol. The average Bonchev–Trinajstić information content (AvgIpc) is 2.87. The molecule has 0 aliphatic heterocycles. The summed E-state index contributed by atoms with van der Waals surface area (Å²) in [6.45, 7) is 11.0. The van der Waals surface area contributed by atoms with Crippen molar-refractivity contribution in [3.05, 3.63) is 18.2 Å². The zero-order valence-corrected chi connectivity index (χ0v) is 13.2. The summed E-state index contributed by atoms with van der Waals surface area (Å²) >= 11 is 0. The quantitative estimate of drug-likeness (QED) is 0.700. The van der Waals surface area contributed by atoms with Gasteiger partial charge in [0.05, 0.1) is 0 Å².